The minimum absolute atomic E-state index is 0.142. The standard InChI is InChI=1S/C35H55ClN2O6/c1-15-16-24(6)18-27-19-28(33(36)30(20-27)41-14)38(13)32(39)21-31(43-34(40)25(7)37(11)12)35(9,10)44-26(8)29(17-22(2)3)42-23(4)5/h15-16,19-20,22,25-26,29,31H,1,4,17-18,21H2,2-3,5-14H3. The first-order valence-electron chi connectivity index (χ1n) is 15.1. The maximum absolute atomic E-state index is 13.9. The lowest BCUT2D eigenvalue weighted by atomic mass is 9.95. The number of likely N-dealkylation sites (N-methyl/N-ethyl adjacent to an activating group) is 1. The lowest BCUT2D eigenvalue weighted by Crippen LogP contribution is -2.50. The van der Waals surface area contributed by atoms with Crippen LogP contribution in [0, 0.1) is 5.92 Å². The third-order valence-electron chi connectivity index (χ3n) is 7.50. The highest BCUT2D eigenvalue weighted by molar-refractivity contribution is 6.35. The molecule has 248 valence electrons. The van der Waals surface area contributed by atoms with Crippen molar-refractivity contribution in [1.29, 1.82) is 0 Å². The summed E-state index contributed by atoms with van der Waals surface area (Å²) in [5, 5.41) is 0.310. The van der Waals surface area contributed by atoms with Crippen molar-refractivity contribution in [3.63, 3.8) is 0 Å². The largest absolute Gasteiger partial charge is 0.495 e. The van der Waals surface area contributed by atoms with E-state index in [1.807, 2.05) is 45.9 Å². The van der Waals surface area contributed by atoms with Gasteiger partial charge in [-0.25, -0.2) is 0 Å². The maximum atomic E-state index is 13.9. The van der Waals surface area contributed by atoms with Gasteiger partial charge in [-0.2, -0.15) is 0 Å². The second kappa shape index (κ2) is 17.6. The first-order valence-corrected chi connectivity index (χ1v) is 15.5. The van der Waals surface area contributed by atoms with Gasteiger partial charge in [0.1, 0.15) is 34.6 Å². The summed E-state index contributed by atoms with van der Waals surface area (Å²) in [5.41, 5.74) is 1.44. The molecule has 1 rings (SSSR count). The number of anilines is 1. The second-order valence-electron chi connectivity index (χ2n) is 12.7. The second-order valence-corrected chi connectivity index (χ2v) is 13.1. The molecular weight excluding hydrogens is 580 g/mol. The molecule has 1 aromatic rings. The van der Waals surface area contributed by atoms with Crippen LogP contribution in [0.3, 0.4) is 0 Å². The van der Waals surface area contributed by atoms with E-state index in [-0.39, 0.29) is 24.5 Å². The normalized spacial score (nSPS) is 14.9. The van der Waals surface area contributed by atoms with Crippen molar-refractivity contribution >= 4 is 29.2 Å². The van der Waals surface area contributed by atoms with Gasteiger partial charge in [-0.05, 0) is 92.1 Å². The van der Waals surface area contributed by atoms with Crippen molar-refractivity contribution in [2.24, 2.45) is 5.92 Å². The number of carbonyl (C=O) groups is 2. The van der Waals surface area contributed by atoms with Gasteiger partial charge in [-0.15, -0.1) is 0 Å². The summed E-state index contributed by atoms with van der Waals surface area (Å²) in [4.78, 5) is 30.3. The van der Waals surface area contributed by atoms with Gasteiger partial charge < -0.3 is 23.8 Å². The summed E-state index contributed by atoms with van der Waals surface area (Å²) < 4.78 is 24.1. The van der Waals surface area contributed by atoms with Crippen molar-refractivity contribution in [3.05, 3.63) is 59.4 Å². The van der Waals surface area contributed by atoms with Crippen LogP contribution in [0.1, 0.15) is 73.8 Å². The fourth-order valence-electron chi connectivity index (χ4n) is 4.71. The molecule has 0 saturated heterocycles. The Bertz CT molecular complexity index is 1180. The van der Waals surface area contributed by atoms with Crippen LogP contribution >= 0.6 is 11.6 Å². The molecule has 4 unspecified atom stereocenters. The number of hydrogen-bond donors (Lipinski definition) is 0. The Kier molecular flexibility index (Phi) is 15.7. The highest BCUT2D eigenvalue weighted by Crippen LogP contribution is 2.37. The Hall–Kier alpha value is -2.81. The minimum atomic E-state index is -1.05. The summed E-state index contributed by atoms with van der Waals surface area (Å²) in [6.45, 7) is 23.0. The number of amides is 1. The van der Waals surface area contributed by atoms with Gasteiger partial charge >= 0.3 is 5.97 Å². The Morgan fingerprint density at radius 1 is 1.07 bits per heavy atom. The van der Waals surface area contributed by atoms with E-state index in [1.165, 1.54) is 12.0 Å². The first kappa shape index (κ1) is 39.2. The molecule has 0 aliphatic rings. The predicted octanol–water partition coefficient (Wildman–Crippen LogP) is 7.39. The topological polar surface area (TPSA) is 77.5 Å². The molecule has 0 saturated carbocycles. The van der Waals surface area contributed by atoms with Crippen LogP contribution in [-0.2, 0) is 30.2 Å². The van der Waals surface area contributed by atoms with E-state index in [2.05, 4.69) is 27.0 Å². The van der Waals surface area contributed by atoms with E-state index in [4.69, 9.17) is 30.5 Å². The third-order valence-corrected chi connectivity index (χ3v) is 7.88. The van der Waals surface area contributed by atoms with Crippen LogP contribution in [0.2, 0.25) is 5.02 Å². The molecule has 0 spiro atoms. The molecule has 0 aliphatic carbocycles. The van der Waals surface area contributed by atoms with Crippen molar-refractivity contribution in [2.45, 2.75) is 105 Å². The molecule has 8 nitrogen and oxygen atoms in total. The fourth-order valence-corrected chi connectivity index (χ4v) is 5.03. The number of nitrogens with zero attached hydrogens (tertiary/aromatic N) is 2. The summed E-state index contributed by atoms with van der Waals surface area (Å²) in [5.74, 6) is 0.642. The minimum Gasteiger partial charge on any atom is -0.495 e. The summed E-state index contributed by atoms with van der Waals surface area (Å²) >= 11 is 6.71. The number of ether oxygens (including phenoxy) is 4. The SMILES string of the molecule is C=CC=C(C)Cc1cc(OC)c(Cl)c(N(C)C(=O)CC(OC(=O)C(C)N(C)C)C(C)(C)OC(C)C(CC(C)C)OC(=C)C)c1. The van der Waals surface area contributed by atoms with Crippen molar-refractivity contribution in [2.75, 3.05) is 33.2 Å². The van der Waals surface area contributed by atoms with Crippen LogP contribution in [0.4, 0.5) is 5.69 Å². The van der Waals surface area contributed by atoms with E-state index in [9.17, 15) is 9.59 Å². The smallest absolute Gasteiger partial charge is 0.323 e. The average Bonchev–Trinajstić information content (AvgIpc) is 2.91. The maximum Gasteiger partial charge on any atom is 0.323 e. The molecular formula is C35H55ClN2O6. The van der Waals surface area contributed by atoms with Gasteiger partial charge in [-0.3, -0.25) is 14.5 Å². The van der Waals surface area contributed by atoms with E-state index in [0.717, 1.165) is 17.6 Å². The molecule has 4 atom stereocenters. The van der Waals surface area contributed by atoms with E-state index in [0.29, 0.717) is 34.6 Å². The average molecular weight is 635 g/mol. The molecule has 0 aliphatic heterocycles. The fraction of sp³-hybridized carbons (Fsp3) is 0.600. The summed E-state index contributed by atoms with van der Waals surface area (Å²) in [6.07, 6.45) is 3.32. The van der Waals surface area contributed by atoms with E-state index in [1.54, 1.807) is 46.0 Å². The lowest BCUT2D eigenvalue weighted by molar-refractivity contribution is -0.192. The van der Waals surface area contributed by atoms with Gasteiger partial charge in [0, 0.05) is 7.05 Å². The summed E-state index contributed by atoms with van der Waals surface area (Å²) in [7, 11) is 6.78. The van der Waals surface area contributed by atoms with Crippen LogP contribution < -0.4 is 9.64 Å². The quantitative estimate of drug-likeness (QED) is 0.0947. The summed E-state index contributed by atoms with van der Waals surface area (Å²) in [6, 6.07) is 3.20. The number of esters is 1. The Morgan fingerprint density at radius 3 is 2.18 bits per heavy atom. The van der Waals surface area contributed by atoms with Crippen molar-refractivity contribution in [1.82, 2.24) is 4.90 Å². The van der Waals surface area contributed by atoms with Gasteiger partial charge in [0.25, 0.3) is 0 Å². The monoisotopic (exact) mass is 634 g/mol. The third kappa shape index (κ3) is 11.9. The first-order chi connectivity index (χ1) is 20.3. The van der Waals surface area contributed by atoms with Crippen LogP contribution in [0.15, 0.2) is 48.8 Å². The van der Waals surface area contributed by atoms with Crippen molar-refractivity contribution < 1.29 is 28.5 Å². The molecule has 0 fully saturated rings. The highest BCUT2D eigenvalue weighted by atomic mass is 35.5. The number of carbonyl (C=O) groups excluding carboxylic acids is 2. The zero-order valence-corrected chi connectivity index (χ0v) is 29.7. The highest BCUT2D eigenvalue weighted by Gasteiger charge is 2.40. The molecule has 0 aromatic heterocycles. The van der Waals surface area contributed by atoms with Crippen LogP contribution in [-0.4, -0.2) is 75.0 Å². The van der Waals surface area contributed by atoms with E-state index < -0.39 is 23.7 Å². The Labute approximate surface area is 271 Å². The lowest BCUT2D eigenvalue weighted by Gasteiger charge is -2.39. The molecule has 0 heterocycles. The zero-order valence-electron chi connectivity index (χ0n) is 29.0. The molecule has 9 heteroatoms. The van der Waals surface area contributed by atoms with Crippen LogP contribution in [0.25, 0.3) is 0 Å². The number of allylic oxidation sites excluding steroid dienone is 4. The molecule has 1 aromatic carbocycles. The van der Waals surface area contributed by atoms with Gasteiger partial charge in [-0.1, -0.05) is 56.3 Å². The zero-order chi connectivity index (χ0) is 33.9. The number of hydrogen-bond acceptors (Lipinski definition) is 7. The van der Waals surface area contributed by atoms with Crippen molar-refractivity contribution in [3.8, 4) is 5.75 Å². The molecule has 44 heavy (non-hydrogen) atoms. The van der Waals surface area contributed by atoms with Gasteiger partial charge in [0.05, 0.1) is 31.1 Å². The number of benzene rings is 1. The number of rotatable bonds is 18. The molecule has 0 N–H and O–H groups in total. The number of methoxy groups -OCH3 is 1. The van der Waals surface area contributed by atoms with E-state index >= 15 is 0 Å². The Balaban J connectivity index is 3.46. The molecule has 0 radical (unpaired) electrons. The van der Waals surface area contributed by atoms with Gasteiger partial charge in [0.15, 0.2) is 0 Å². The molecule has 0 bridgehead atoms. The predicted molar refractivity (Wildman–Crippen MR) is 180 cm³/mol. The number of halogens is 1. The Morgan fingerprint density at radius 2 is 1.68 bits per heavy atom. The molecule has 1 amide bonds. The van der Waals surface area contributed by atoms with Gasteiger partial charge in [0.2, 0.25) is 5.91 Å². The van der Waals surface area contributed by atoms with Crippen LogP contribution in [0.5, 0.6) is 5.75 Å².